The summed E-state index contributed by atoms with van der Waals surface area (Å²) in [7, 11) is 0. The van der Waals surface area contributed by atoms with Crippen molar-refractivity contribution >= 4 is 12.1 Å². The molecule has 2 atom stereocenters. The van der Waals surface area contributed by atoms with Crippen LogP contribution >= 0.6 is 0 Å². The molecular weight excluding hydrogens is 330 g/mol. The average molecular weight is 372 g/mol. The van der Waals surface area contributed by atoms with Crippen molar-refractivity contribution in [3.8, 4) is 0 Å². The second kappa shape index (κ2) is 16.0. The zero-order chi connectivity index (χ0) is 19.8. The lowest BCUT2D eigenvalue weighted by Crippen LogP contribution is -2.50. The molecular formula is C21H41NO4. The lowest BCUT2D eigenvalue weighted by atomic mass is 9.97. The minimum absolute atomic E-state index is 0.0347. The molecule has 5 heteroatoms. The minimum Gasteiger partial charge on any atom is -0.464 e. The summed E-state index contributed by atoms with van der Waals surface area (Å²) in [5.74, 6) is -0.290. The Hall–Kier alpha value is -1.26. The van der Waals surface area contributed by atoms with Crippen LogP contribution in [0.4, 0.5) is 4.79 Å². The van der Waals surface area contributed by atoms with Crippen molar-refractivity contribution in [2.45, 2.75) is 98.4 Å². The zero-order valence-electron chi connectivity index (χ0n) is 17.7. The molecule has 0 aliphatic carbocycles. The van der Waals surface area contributed by atoms with Gasteiger partial charge >= 0.3 is 12.1 Å². The zero-order valence-corrected chi connectivity index (χ0v) is 17.7. The van der Waals surface area contributed by atoms with Gasteiger partial charge in [-0.1, -0.05) is 72.1 Å². The summed E-state index contributed by atoms with van der Waals surface area (Å²) < 4.78 is 10.4. The molecule has 0 aromatic carbocycles. The fraction of sp³-hybridized carbons (Fsp3) is 0.905. The Balaban J connectivity index is 4.70. The van der Waals surface area contributed by atoms with Crippen molar-refractivity contribution in [2.75, 3.05) is 19.8 Å². The number of amides is 1. The van der Waals surface area contributed by atoms with Gasteiger partial charge in [-0.25, -0.2) is 9.59 Å². The van der Waals surface area contributed by atoms with E-state index in [2.05, 4.69) is 6.92 Å². The number of hydrogen-bond acceptors (Lipinski definition) is 4. The van der Waals surface area contributed by atoms with Gasteiger partial charge < -0.3 is 9.47 Å². The Kier molecular flexibility index (Phi) is 15.2. The number of esters is 1. The highest BCUT2D eigenvalue weighted by Crippen LogP contribution is 2.19. The molecule has 0 saturated heterocycles. The molecule has 0 aromatic heterocycles. The van der Waals surface area contributed by atoms with Crippen LogP contribution in [0.3, 0.4) is 0 Å². The Morgan fingerprint density at radius 3 is 1.85 bits per heavy atom. The number of hydrogen-bond donors (Lipinski definition) is 0. The van der Waals surface area contributed by atoms with Crippen molar-refractivity contribution in [2.24, 2.45) is 5.92 Å². The molecule has 0 rings (SSSR count). The second-order valence-electron chi connectivity index (χ2n) is 6.95. The maximum Gasteiger partial charge on any atom is 0.410 e. The predicted molar refractivity (Wildman–Crippen MR) is 106 cm³/mol. The summed E-state index contributed by atoms with van der Waals surface area (Å²) in [6, 6.07) is -0.566. The van der Waals surface area contributed by atoms with E-state index < -0.39 is 12.1 Å². The van der Waals surface area contributed by atoms with Crippen molar-refractivity contribution < 1.29 is 19.1 Å². The van der Waals surface area contributed by atoms with Gasteiger partial charge in [0, 0.05) is 6.54 Å². The number of carbonyl (C=O) groups excluding carboxylic acids is 2. The summed E-state index contributed by atoms with van der Waals surface area (Å²) in [6.45, 7) is 11.0. The van der Waals surface area contributed by atoms with Gasteiger partial charge in [0.25, 0.3) is 0 Å². The first-order chi connectivity index (χ1) is 12.5. The van der Waals surface area contributed by atoms with Crippen LogP contribution in [0.2, 0.25) is 0 Å². The molecule has 0 radical (unpaired) electrons. The van der Waals surface area contributed by atoms with Gasteiger partial charge in [0.15, 0.2) is 0 Å². The molecule has 0 aliphatic rings. The van der Waals surface area contributed by atoms with Crippen molar-refractivity contribution in [1.29, 1.82) is 0 Å². The second-order valence-corrected chi connectivity index (χ2v) is 6.95. The van der Waals surface area contributed by atoms with Gasteiger partial charge in [0.05, 0.1) is 13.2 Å². The van der Waals surface area contributed by atoms with Gasteiger partial charge in [-0.2, -0.15) is 0 Å². The van der Waals surface area contributed by atoms with E-state index in [1.54, 1.807) is 18.7 Å². The Morgan fingerprint density at radius 1 is 0.808 bits per heavy atom. The van der Waals surface area contributed by atoms with Crippen LogP contribution in [0.15, 0.2) is 0 Å². The summed E-state index contributed by atoms with van der Waals surface area (Å²) in [6.07, 6.45) is 9.94. The SMILES string of the molecule is CCCCCCCCCCN(C(=O)OCC)C(C(=O)OCC)C(C)CC. The molecule has 1 amide bonds. The van der Waals surface area contributed by atoms with Gasteiger partial charge in [0.2, 0.25) is 0 Å². The largest absolute Gasteiger partial charge is 0.464 e. The molecule has 0 aromatic rings. The van der Waals surface area contributed by atoms with Crippen molar-refractivity contribution in [3.05, 3.63) is 0 Å². The van der Waals surface area contributed by atoms with Crippen LogP contribution < -0.4 is 0 Å². The van der Waals surface area contributed by atoms with E-state index in [1.807, 2.05) is 13.8 Å². The molecule has 154 valence electrons. The van der Waals surface area contributed by atoms with E-state index in [0.717, 1.165) is 19.3 Å². The lowest BCUT2D eigenvalue weighted by Gasteiger charge is -2.33. The summed E-state index contributed by atoms with van der Waals surface area (Å²) in [5, 5.41) is 0. The Bertz CT molecular complexity index is 373. The molecule has 26 heavy (non-hydrogen) atoms. The minimum atomic E-state index is -0.566. The van der Waals surface area contributed by atoms with Crippen LogP contribution in [-0.2, 0) is 14.3 Å². The molecule has 0 bridgehead atoms. The summed E-state index contributed by atoms with van der Waals surface area (Å²) >= 11 is 0. The quantitative estimate of drug-likeness (QED) is 0.279. The number of unbranched alkanes of at least 4 members (excludes halogenated alkanes) is 7. The predicted octanol–water partition coefficient (Wildman–Crippen LogP) is 5.56. The Morgan fingerprint density at radius 2 is 1.35 bits per heavy atom. The first-order valence-corrected chi connectivity index (χ1v) is 10.6. The lowest BCUT2D eigenvalue weighted by molar-refractivity contribution is -0.151. The topological polar surface area (TPSA) is 55.8 Å². The number of nitrogens with zero attached hydrogens (tertiary/aromatic N) is 1. The fourth-order valence-corrected chi connectivity index (χ4v) is 3.08. The molecule has 0 saturated carbocycles. The summed E-state index contributed by atoms with van der Waals surface area (Å²) in [5.41, 5.74) is 0. The van der Waals surface area contributed by atoms with E-state index in [1.165, 1.54) is 38.5 Å². The third kappa shape index (κ3) is 10.0. The first-order valence-electron chi connectivity index (χ1n) is 10.6. The molecule has 0 aliphatic heterocycles. The first kappa shape index (κ1) is 24.7. The molecule has 5 nitrogen and oxygen atoms in total. The number of rotatable bonds is 15. The monoisotopic (exact) mass is 371 g/mol. The number of carbonyl (C=O) groups is 2. The smallest absolute Gasteiger partial charge is 0.410 e. The molecule has 2 unspecified atom stereocenters. The van der Waals surface area contributed by atoms with Gasteiger partial charge in [-0.15, -0.1) is 0 Å². The number of ether oxygens (including phenoxy) is 2. The molecule has 0 N–H and O–H groups in total. The van der Waals surface area contributed by atoms with Crippen molar-refractivity contribution in [1.82, 2.24) is 4.90 Å². The van der Waals surface area contributed by atoms with Crippen LogP contribution in [0, 0.1) is 5.92 Å². The maximum atomic E-state index is 12.5. The Labute approximate surface area is 160 Å². The summed E-state index contributed by atoms with van der Waals surface area (Å²) in [4.78, 5) is 26.5. The maximum absolute atomic E-state index is 12.5. The highest BCUT2D eigenvalue weighted by atomic mass is 16.6. The molecule has 0 fully saturated rings. The highest BCUT2D eigenvalue weighted by molar-refractivity contribution is 5.81. The van der Waals surface area contributed by atoms with Crippen molar-refractivity contribution in [3.63, 3.8) is 0 Å². The third-order valence-electron chi connectivity index (χ3n) is 4.80. The molecule has 0 spiro atoms. The van der Waals surface area contributed by atoms with Gasteiger partial charge in [0.1, 0.15) is 6.04 Å². The van der Waals surface area contributed by atoms with E-state index in [9.17, 15) is 9.59 Å². The van der Waals surface area contributed by atoms with Gasteiger partial charge in [-0.3, -0.25) is 4.90 Å². The van der Waals surface area contributed by atoms with Crippen LogP contribution in [0.1, 0.15) is 92.4 Å². The van der Waals surface area contributed by atoms with Gasteiger partial charge in [-0.05, 0) is 26.2 Å². The van der Waals surface area contributed by atoms with E-state index in [0.29, 0.717) is 19.8 Å². The van der Waals surface area contributed by atoms with Crippen LogP contribution in [0.25, 0.3) is 0 Å². The standard InChI is InChI=1S/C21H41NO4/c1-6-10-11-12-13-14-15-16-17-22(21(24)26-9-4)19(18(5)7-2)20(23)25-8-3/h18-19H,6-17H2,1-5H3. The fourth-order valence-electron chi connectivity index (χ4n) is 3.08. The van der Waals surface area contributed by atoms with Crippen LogP contribution in [0.5, 0.6) is 0 Å². The van der Waals surface area contributed by atoms with Crippen LogP contribution in [-0.4, -0.2) is 42.8 Å². The van der Waals surface area contributed by atoms with E-state index in [4.69, 9.17) is 9.47 Å². The van der Waals surface area contributed by atoms with E-state index >= 15 is 0 Å². The highest BCUT2D eigenvalue weighted by Gasteiger charge is 2.35. The van der Waals surface area contributed by atoms with E-state index in [-0.39, 0.29) is 11.9 Å². The normalized spacial score (nSPS) is 13.1. The average Bonchev–Trinajstić information content (AvgIpc) is 2.62. The molecule has 0 heterocycles. The third-order valence-corrected chi connectivity index (χ3v) is 4.80.